The zero-order valence-corrected chi connectivity index (χ0v) is 30.3. The van der Waals surface area contributed by atoms with Crippen LogP contribution in [0.5, 0.6) is 11.5 Å². The highest BCUT2D eigenvalue weighted by atomic mass is 35.5. The number of benzene rings is 4. The molecule has 1 N–H and O–H groups in total. The van der Waals surface area contributed by atoms with Crippen molar-refractivity contribution in [2.45, 2.75) is 69.0 Å². The van der Waals surface area contributed by atoms with E-state index in [0.29, 0.717) is 16.3 Å². The fraction of sp³-hybridized carbons (Fsp3) is 0.333. The second kappa shape index (κ2) is 16.9. The van der Waals surface area contributed by atoms with Gasteiger partial charge in [0.25, 0.3) is 10.0 Å². The molecule has 5 rings (SSSR count). The lowest BCUT2D eigenvalue weighted by Crippen LogP contribution is -2.55. The van der Waals surface area contributed by atoms with Crippen LogP contribution in [-0.4, -0.2) is 58.0 Å². The van der Waals surface area contributed by atoms with E-state index >= 15 is 0 Å². The largest absolute Gasteiger partial charge is 0.497 e. The Kier molecular flexibility index (Phi) is 12.4. The van der Waals surface area contributed by atoms with Crippen molar-refractivity contribution in [1.29, 1.82) is 0 Å². The Bertz CT molecular complexity index is 1860. The molecule has 1 aliphatic carbocycles. The van der Waals surface area contributed by atoms with Gasteiger partial charge in [-0.15, -0.1) is 0 Å². The Labute approximate surface area is 300 Å². The molecule has 9 nitrogen and oxygen atoms in total. The first-order valence-electron chi connectivity index (χ1n) is 16.8. The van der Waals surface area contributed by atoms with Gasteiger partial charge in [-0.25, -0.2) is 8.42 Å². The minimum absolute atomic E-state index is 0.00181. The third kappa shape index (κ3) is 9.17. The fourth-order valence-electron chi connectivity index (χ4n) is 6.27. The number of hydrogen-bond donors (Lipinski definition) is 1. The van der Waals surface area contributed by atoms with Gasteiger partial charge in [0.2, 0.25) is 11.8 Å². The van der Waals surface area contributed by atoms with Crippen LogP contribution in [0.2, 0.25) is 5.02 Å². The standard InChI is InChI=1S/C39H44ClN3O6S/c1-28-17-20-34(21-18-28)50(46,47)43(35-25-33(48-2)19-22-37(35)49-3)27-38(44)42(26-30-13-10-14-31(40)23-30)36(24-29-11-6-4-7-12-29)39(45)41-32-15-8-5-9-16-32/h4,6-7,10-14,17-23,25,32,36H,5,8-9,15-16,24,26-27H2,1-3H3,(H,41,45)/t36-/m1/s1. The van der Waals surface area contributed by atoms with E-state index in [9.17, 15) is 18.0 Å². The van der Waals surface area contributed by atoms with Crippen molar-refractivity contribution in [1.82, 2.24) is 10.2 Å². The fourth-order valence-corrected chi connectivity index (χ4v) is 7.90. The van der Waals surface area contributed by atoms with Gasteiger partial charge in [-0.3, -0.25) is 13.9 Å². The second-order valence-corrected chi connectivity index (χ2v) is 14.9. The van der Waals surface area contributed by atoms with Crippen molar-refractivity contribution in [3.05, 3.63) is 119 Å². The lowest BCUT2D eigenvalue weighted by atomic mass is 9.94. The number of carbonyl (C=O) groups is 2. The van der Waals surface area contributed by atoms with Crippen LogP contribution >= 0.6 is 11.6 Å². The molecule has 0 bridgehead atoms. The summed E-state index contributed by atoms with van der Waals surface area (Å²) >= 11 is 6.38. The Morgan fingerprint density at radius 1 is 0.860 bits per heavy atom. The molecule has 1 aliphatic rings. The highest BCUT2D eigenvalue weighted by Crippen LogP contribution is 2.36. The molecule has 1 atom stereocenters. The summed E-state index contributed by atoms with van der Waals surface area (Å²) < 4.78 is 41.1. The number of hydrogen-bond acceptors (Lipinski definition) is 6. The molecule has 1 fully saturated rings. The van der Waals surface area contributed by atoms with Crippen LogP contribution in [0.3, 0.4) is 0 Å². The highest BCUT2D eigenvalue weighted by molar-refractivity contribution is 7.92. The van der Waals surface area contributed by atoms with E-state index in [2.05, 4.69) is 5.32 Å². The summed E-state index contributed by atoms with van der Waals surface area (Å²) in [7, 11) is -1.43. The number of aryl methyl sites for hydroxylation is 1. The van der Waals surface area contributed by atoms with Crippen LogP contribution < -0.4 is 19.1 Å². The molecule has 50 heavy (non-hydrogen) atoms. The Hall–Kier alpha value is -4.54. The lowest BCUT2D eigenvalue weighted by Gasteiger charge is -2.35. The summed E-state index contributed by atoms with van der Waals surface area (Å²) in [5, 5.41) is 3.70. The number of ether oxygens (including phenoxy) is 2. The molecule has 0 radical (unpaired) electrons. The third-order valence-electron chi connectivity index (χ3n) is 9.01. The van der Waals surface area contributed by atoms with Gasteiger partial charge < -0.3 is 19.7 Å². The van der Waals surface area contributed by atoms with E-state index in [1.54, 1.807) is 42.5 Å². The first-order valence-corrected chi connectivity index (χ1v) is 18.6. The topological polar surface area (TPSA) is 105 Å². The molecule has 0 saturated heterocycles. The number of anilines is 1. The van der Waals surface area contributed by atoms with Crippen LogP contribution in [-0.2, 0) is 32.6 Å². The monoisotopic (exact) mass is 717 g/mol. The Morgan fingerprint density at radius 2 is 1.56 bits per heavy atom. The minimum Gasteiger partial charge on any atom is -0.497 e. The number of carbonyl (C=O) groups excluding carboxylic acids is 2. The second-order valence-electron chi connectivity index (χ2n) is 12.6. The van der Waals surface area contributed by atoms with E-state index in [0.717, 1.165) is 47.5 Å². The van der Waals surface area contributed by atoms with Gasteiger partial charge in [-0.05, 0) is 67.3 Å². The summed E-state index contributed by atoms with van der Waals surface area (Å²) in [4.78, 5) is 30.6. The predicted molar refractivity (Wildman–Crippen MR) is 196 cm³/mol. The van der Waals surface area contributed by atoms with Gasteiger partial charge in [0, 0.05) is 30.1 Å². The summed E-state index contributed by atoms with van der Waals surface area (Å²) in [6, 6.07) is 26.8. The molecule has 0 aromatic heterocycles. The van der Waals surface area contributed by atoms with Crippen LogP contribution in [0.25, 0.3) is 0 Å². The number of nitrogens with one attached hydrogen (secondary N) is 1. The van der Waals surface area contributed by atoms with E-state index in [1.165, 1.54) is 37.3 Å². The Morgan fingerprint density at radius 3 is 2.22 bits per heavy atom. The molecule has 0 spiro atoms. The first kappa shape index (κ1) is 36.7. The summed E-state index contributed by atoms with van der Waals surface area (Å²) in [5.41, 5.74) is 2.56. The third-order valence-corrected chi connectivity index (χ3v) is 11.0. The zero-order valence-electron chi connectivity index (χ0n) is 28.7. The molecule has 0 heterocycles. The summed E-state index contributed by atoms with van der Waals surface area (Å²) in [5.74, 6) is -0.262. The smallest absolute Gasteiger partial charge is 0.264 e. The van der Waals surface area contributed by atoms with Crippen LogP contribution in [0.1, 0.15) is 48.8 Å². The number of nitrogens with zero attached hydrogens (tertiary/aromatic N) is 2. The SMILES string of the molecule is COc1ccc(OC)c(N(CC(=O)N(Cc2cccc(Cl)c2)[C@H](Cc2ccccc2)C(=O)NC2CCCCC2)S(=O)(=O)c2ccc(C)cc2)c1. The predicted octanol–water partition coefficient (Wildman–Crippen LogP) is 6.95. The maximum atomic E-state index is 14.9. The number of rotatable bonds is 14. The minimum atomic E-state index is -4.34. The average molecular weight is 718 g/mol. The highest BCUT2D eigenvalue weighted by Gasteiger charge is 2.36. The van der Waals surface area contributed by atoms with Gasteiger partial charge in [-0.1, -0.05) is 91.0 Å². The van der Waals surface area contributed by atoms with E-state index in [4.69, 9.17) is 21.1 Å². The van der Waals surface area contributed by atoms with Crippen molar-refractivity contribution in [3.8, 4) is 11.5 Å². The maximum Gasteiger partial charge on any atom is 0.264 e. The maximum absolute atomic E-state index is 14.9. The van der Waals surface area contributed by atoms with Crippen LogP contribution in [0.4, 0.5) is 5.69 Å². The molecular weight excluding hydrogens is 674 g/mol. The molecule has 4 aromatic rings. The number of methoxy groups -OCH3 is 2. The van der Waals surface area contributed by atoms with Crippen LogP contribution in [0, 0.1) is 6.92 Å². The molecule has 11 heteroatoms. The molecule has 1 saturated carbocycles. The molecule has 2 amide bonds. The van der Waals surface area contributed by atoms with Crippen molar-refractivity contribution >= 4 is 39.1 Å². The van der Waals surface area contributed by atoms with Crippen molar-refractivity contribution in [3.63, 3.8) is 0 Å². The van der Waals surface area contributed by atoms with Gasteiger partial charge in [0.1, 0.15) is 24.1 Å². The van der Waals surface area contributed by atoms with Gasteiger partial charge in [-0.2, -0.15) is 0 Å². The first-order chi connectivity index (χ1) is 24.1. The molecule has 0 aliphatic heterocycles. The van der Waals surface area contributed by atoms with Gasteiger partial charge >= 0.3 is 0 Å². The molecule has 4 aromatic carbocycles. The van der Waals surface area contributed by atoms with Crippen LogP contribution in [0.15, 0.2) is 102 Å². The quantitative estimate of drug-likeness (QED) is 0.151. The number of halogens is 1. The van der Waals surface area contributed by atoms with Crippen molar-refractivity contribution < 1.29 is 27.5 Å². The van der Waals surface area contributed by atoms with E-state index in [-0.39, 0.29) is 41.2 Å². The lowest BCUT2D eigenvalue weighted by molar-refractivity contribution is -0.140. The Balaban J connectivity index is 1.61. The van der Waals surface area contributed by atoms with E-state index < -0.39 is 28.5 Å². The summed E-state index contributed by atoms with van der Waals surface area (Å²) in [6.07, 6.45) is 5.12. The number of amides is 2. The number of sulfonamides is 1. The molecule has 0 unspecified atom stereocenters. The molecule has 264 valence electrons. The normalized spacial score (nSPS) is 14.0. The molecular formula is C39H44ClN3O6S. The van der Waals surface area contributed by atoms with Gasteiger partial charge in [0.05, 0.1) is 24.8 Å². The van der Waals surface area contributed by atoms with Crippen molar-refractivity contribution in [2.75, 3.05) is 25.1 Å². The van der Waals surface area contributed by atoms with Crippen molar-refractivity contribution in [2.24, 2.45) is 0 Å². The summed E-state index contributed by atoms with van der Waals surface area (Å²) in [6.45, 7) is 1.26. The van der Waals surface area contributed by atoms with Gasteiger partial charge in [0.15, 0.2) is 0 Å². The average Bonchev–Trinajstić information content (AvgIpc) is 3.12. The van der Waals surface area contributed by atoms with E-state index in [1.807, 2.05) is 43.3 Å². The zero-order chi connectivity index (χ0) is 35.7.